The van der Waals surface area contributed by atoms with E-state index in [-0.39, 0.29) is 28.8 Å². The summed E-state index contributed by atoms with van der Waals surface area (Å²) in [6.07, 6.45) is 1.40. The van der Waals surface area contributed by atoms with Crippen molar-refractivity contribution in [3.05, 3.63) is 93.4 Å². The molecule has 33 heavy (non-hydrogen) atoms. The molecule has 0 aliphatic carbocycles. The van der Waals surface area contributed by atoms with Crippen LogP contribution in [0.4, 0.5) is 5.69 Å². The van der Waals surface area contributed by atoms with Crippen molar-refractivity contribution in [2.45, 2.75) is 20.8 Å². The Morgan fingerprint density at radius 3 is 2.42 bits per heavy atom. The molecule has 0 saturated carbocycles. The van der Waals surface area contributed by atoms with E-state index in [1.807, 2.05) is 32.9 Å². The number of furan rings is 1. The van der Waals surface area contributed by atoms with Crippen molar-refractivity contribution in [1.29, 1.82) is 0 Å². The van der Waals surface area contributed by atoms with Crippen LogP contribution in [0.15, 0.2) is 70.8 Å². The smallest absolute Gasteiger partial charge is 0.280 e. The highest BCUT2D eigenvalue weighted by molar-refractivity contribution is 6.05. The molecule has 2 aromatic carbocycles. The second-order valence-electron chi connectivity index (χ2n) is 7.96. The average Bonchev–Trinajstić information content (AvgIpc) is 3.25. The molecular weight excluding hydrogens is 422 g/mol. The molecule has 0 aliphatic rings. The Bertz CT molecular complexity index is 1190. The van der Waals surface area contributed by atoms with E-state index in [1.54, 1.807) is 42.5 Å². The number of para-hydroxylation sites is 1. The highest BCUT2D eigenvalue weighted by atomic mass is 16.6. The lowest BCUT2D eigenvalue weighted by atomic mass is 10.1. The Balaban J connectivity index is 1.91. The molecule has 0 bridgehead atoms. The fourth-order valence-electron chi connectivity index (χ4n) is 3.01. The van der Waals surface area contributed by atoms with E-state index in [1.165, 1.54) is 12.1 Å². The predicted molar refractivity (Wildman–Crippen MR) is 125 cm³/mol. The third-order valence-corrected chi connectivity index (χ3v) is 4.76. The first-order chi connectivity index (χ1) is 15.7. The van der Waals surface area contributed by atoms with Crippen molar-refractivity contribution in [1.82, 2.24) is 10.6 Å². The van der Waals surface area contributed by atoms with Crippen LogP contribution in [-0.2, 0) is 4.79 Å². The van der Waals surface area contributed by atoms with Crippen LogP contribution >= 0.6 is 0 Å². The Morgan fingerprint density at radius 1 is 1.06 bits per heavy atom. The number of hydrogen-bond donors (Lipinski definition) is 2. The summed E-state index contributed by atoms with van der Waals surface area (Å²) >= 11 is 0. The standard InChI is InChI=1S/C25H25N3O5/c1-16(2)15-26-25(30)21(27-24(29)18-10-8-17(3)9-11-18)14-19-12-13-23(33-19)20-6-4-5-7-22(20)28(31)32/h4-14,16H,15H2,1-3H3,(H,26,30)(H,27,29)/b21-14+. The van der Waals surface area contributed by atoms with E-state index in [4.69, 9.17) is 4.42 Å². The van der Waals surface area contributed by atoms with Gasteiger partial charge < -0.3 is 15.1 Å². The van der Waals surface area contributed by atoms with Gasteiger partial charge in [0.25, 0.3) is 17.5 Å². The number of nitrogens with zero attached hydrogens (tertiary/aromatic N) is 1. The number of nitro groups is 1. The zero-order chi connectivity index (χ0) is 24.0. The molecule has 2 N–H and O–H groups in total. The second kappa shape index (κ2) is 10.4. The number of aryl methyl sites for hydroxylation is 1. The molecule has 1 aromatic heterocycles. The predicted octanol–water partition coefficient (Wildman–Crippen LogP) is 4.71. The Morgan fingerprint density at radius 2 is 1.76 bits per heavy atom. The van der Waals surface area contributed by atoms with Gasteiger partial charge in [-0.05, 0) is 43.2 Å². The summed E-state index contributed by atoms with van der Waals surface area (Å²) in [6.45, 7) is 6.26. The quantitative estimate of drug-likeness (QED) is 0.295. The van der Waals surface area contributed by atoms with Crippen LogP contribution in [0.25, 0.3) is 17.4 Å². The van der Waals surface area contributed by atoms with Gasteiger partial charge in [0.15, 0.2) is 0 Å². The number of nitrogens with one attached hydrogen (secondary N) is 2. The van der Waals surface area contributed by atoms with Crippen molar-refractivity contribution in [2.75, 3.05) is 6.54 Å². The Kier molecular flexibility index (Phi) is 7.40. The van der Waals surface area contributed by atoms with Gasteiger partial charge in [-0.1, -0.05) is 43.7 Å². The van der Waals surface area contributed by atoms with E-state index in [0.717, 1.165) is 5.56 Å². The van der Waals surface area contributed by atoms with Crippen LogP contribution in [0, 0.1) is 23.0 Å². The first kappa shape index (κ1) is 23.5. The van der Waals surface area contributed by atoms with E-state index >= 15 is 0 Å². The molecular formula is C25H25N3O5. The summed E-state index contributed by atoms with van der Waals surface area (Å²) in [7, 11) is 0. The summed E-state index contributed by atoms with van der Waals surface area (Å²) in [5.41, 5.74) is 1.64. The van der Waals surface area contributed by atoms with Crippen LogP contribution in [0.1, 0.15) is 35.5 Å². The number of rotatable bonds is 8. The molecule has 0 atom stereocenters. The molecule has 0 unspecified atom stereocenters. The summed E-state index contributed by atoms with van der Waals surface area (Å²) in [5, 5.41) is 16.7. The van der Waals surface area contributed by atoms with Gasteiger partial charge in [-0.15, -0.1) is 0 Å². The molecule has 3 rings (SSSR count). The minimum absolute atomic E-state index is 0.00434. The molecule has 0 fully saturated rings. The summed E-state index contributed by atoms with van der Waals surface area (Å²) in [6, 6.07) is 16.3. The number of carbonyl (C=O) groups is 2. The van der Waals surface area contributed by atoms with E-state index in [9.17, 15) is 19.7 Å². The highest BCUT2D eigenvalue weighted by Crippen LogP contribution is 2.31. The van der Waals surface area contributed by atoms with Gasteiger partial charge in [0.2, 0.25) is 0 Å². The van der Waals surface area contributed by atoms with Gasteiger partial charge in [0, 0.05) is 24.3 Å². The maximum atomic E-state index is 12.8. The molecule has 8 heteroatoms. The summed E-state index contributed by atoms with van der Waals surface area (Å²) < 4.78 is 5.76. The van der Waals surface area contributed by atoms with E-state index in [2.05, 4.69) is 10.6 Å². The molecule has 0 spiro atoms. The molecule has 0 saturated heterocycles. The second-order valence-corrected chi connectivity index (χ2v) is 7.96. The highest BCUT2D eigenvalue weighted by Gasteiger charge is 2.19. The SMILES string of the molecule is Cc1ccc(C(=O)N/C(=C/c2ccc(-c3ccccc3[N+](=O)[O-])o2)C(=O)NCC(C)C)cc1. The zero-order valence-electron chi connectivity index (χ0n) is 18.6. The van der Waals surface area contributed by atoms with Crippen molar-refractivity contribution in [3.63, 3.8) is 0 Å². The largest absolute Gasteiger partial charge is 0.456 e. The number of benzene rings is 2. The maximum absolute atomic E-state index is 12.8. The van der Waals surface area contributed by atoms with E-state index < -0.39 is 16.7 Å². The molecule has 2 amide bonds. The molecule has 3 aromatic rings. The number of hydrogen-bond acceptors (Lipinski definition) is 5. The number of amides is 2. The minimum Gasteiger partial charge on any atom is -0.456 e. The van der Waals surface area contributed by atoms with Crippen LogP contribution in [-0.4, -0.2) is 23.3 Å². The zero-order valence-corrected chi connectivity index (χ0v) is 18.6. The fraction of sp³-hybridized carbons (Fsp3) is 0.200. The lowest BCUT2D eigenvalue weighted by Gasteiger charge is -2.12. The van der Waals surface area contributed by atoms with Gasteiger partial charge in [-0.25, -0.2) is 0 Å². The third-order valence-electron chi connectivity index (χ3n) is 4.76. The van der Waals surface area contributed by atoms with Gasteiger partial charge in [0.05, 0.1) is 10.5 Å². The van der Waals surface area contributed by atoms with Crippen LogP contribution in [0.3, 0.4) is 0 Å². The van der Waals surface area contributed by atoms with E-state index in [0.29, 0.717) is 17.7 Å². The topological polar surface area (TPSA) is 114 Å². The Hall–Kier alpha value is -4.20. The molecule has 1 heterocycles. The van der Waals surface area contributed by atoms with Crippen molar-refractivity contribution < 1.29 is 18.9 Å². The normalized spacial score (nSPS) is 11.3. The molecule has 8 nitrogen and oxygen atoms in total. The van der Waals surface area contributed by atoms with Gasteiger partial charge in [-0.2, -0.15) is 0 Å². The molecule has 0 radical (unpaired) electrons. The maximum Gasteiger partial charge on any atom is 0.280 e. The lowest BCUT2D eigenvalue weighted by Crippen LogP contribution is -2.36. The van der Waals surface area contributed by atoms with Crippen molar-refractivity contribution in [3.8, 4) is 11.3 Å². The van der Waals surface area contributed by atoms with Crippen molar-refractivity contribution in [2.24, 2.45) is 5.92 Å². The Labute approximate surface area is 191 Å². The number of carbonyl (C=O) groups excluding carboxylic acids is 2. The molecule has 170 valence electrons. The monoisotopic (exact) mass is 447 g/mol. The summed E-state index contributed by atoms with van der Waals surface area (Å²) in [4.78, 5) is 36.3. The third kappa shape index (κ3) is 6.16. The van der Waals surface area contributed by atoms with Crippen molar-refractivity contribution >= 4 is 23.6 Å². The lowest BCUT2D eigenvalue weighted by molar-refractivity contribution is -0.384. The fourth-order valence-corrected chi connectivity index (χ4v) is 3.01. The van der Waals surface area contributed by atoms with Crippen LogP contribution in [0.2, 0.25) is 0 Å². The van der Waals surface area contributed by atoms with Gasteiger partial charge in [-0.3, -0.25) is 19.7 Å². The van der Waals surface area contributed by atoms with Crippen LogP contribution < -0.4 is 10.6 Å². The first-order valence-corrected chi connectivity index (χ1v) is 10.5. The number of nitro benzene ring substituents is 1. The first-order valence-electron chi connectivity index (χ1n) is 10.5. The molecule has 0 aliphatic heterocycles. The summed E-state index contributed by atoms with van der Waals surface area (Å²) in [5.74, 6) is -0.140. The van der Waals surface area contributed by atoms with Crippen LogP contribution in [0.5, 0.6) is 0 Å². The average molecular weight is 447 g/mol. The minimum atomic E-state index is -0.486. The van der Waals surface area contributed by atoms with Gasteiger partial charge in [0.1, 0.15) is 17.2 Å². The van der Waals surface area contributed by atoms with Gasteiger partial charge >= 0.3 is 0 Å².